The van der Waals surface area contributed by atoms with E-state index >= 15 is 0 Å². The van der Waals surface area contributed by atoms with Crippen molar-refractivity contribution in [1.82, 2.24) is 14.5 Å². The van der Waals surface area contributed by atoms with E-state index in [1.54, 1.807) is 12.3 Å². The number of hydrogen-bond donors (Lipinski definition) is 0. The summed E-state index contributed by atoms with van der Waals surface area (Å²) < 4.78 is 2.03. The minimum atomic E-state index is 0.0432. The van der Waals surface area contributed by atoms with Crippen LogP contribution in [-0.4, -0.2) is 46.5 Å². The Labute approximate surface area is 169 Å². The van der Waals surface area contributed by atoms with E-state index in [2.05, 4.69) is 9.88 Å². The number of piperazine rings is 1. The molecule has 2 aromatic carbocycles. The minimum Gasteiger partial charge on any atom is -0.338 e. The van der Waals surface area contributed by atoms with Crippen molar-refractivity contribution in [3.63, 3.8) is 0 Å². The molecule has 0 N–H and O–H groups in total. The molecule has 1 saturated heterocycles. The van der Waals surface area contributed by atoms with Gasteiger partial charge < -0.3 is 9.80 Å². The van der Waals surface area contributed by atoms with E-state index in [9.17, 15) is 4.79 Å². The first kappa shape index (κ1) is 18.3. The summed E-state index contributed by atoms with van der Waals surface area (Å²) in [6.07, 6.45) is 7.23. The van der Waals surface area contributed by atoms with Crippen molar-refractivity contribution in [3.8, 4) is 5.69 Å². The zero-order valence-electron chi connectivity index (χ0n) is 15.4. The number of nitrogens with zero attached hydrogens (tertiary/aromatic N) is 4. The molecule has 1 aliphatic rings. The molecule has 1 aromatic heterocycles. The van der Waals surface area contributed by atoms with Gasteiger partial charge in [0.05, 0.1) is 0 Å². The molecule has 28 heavy (non-hydrogen) atoms. The number of amides is 1. The third-order valence-electron chi connectivity index (χ3n) is 4.80. The Bertz CT molecular complexity index is 975. The lowest BCUT2D eigenvalue weighted by molar-refractivity contribution is -0.126. The lowest BCUT2D eigenvalue weighted by Crippen LogP contribution is -2.49. The van der Waals surface area contributed by atoms with E-state index < -0.39 is 0 Å². The Kier molecular flexibility index (Phi) is 5.44. The summed E-state index contributed by atoms with van der Waals surface area (Å²) >= 11 is 6.13. The Hall–Kier alpha value is -3.05. The average Bonchev–Trinajstić information content (AvgIpc) is 3.23. The van der Waals surface area contributed by atoms with Crippen molar-refractivity contribution in [1.29, 1.82) is 0 Å². The minimum absolute atomic E-state index is 0.0432. The van der Waals surface area contributed by atoms with Crippen LogP contribution in [0.3, 0.4) is 0 Å². The van der Waals surface area contributed by atoms with Gasteiger partial charge in [-0.3, -0.25) is 9.36 Å². The number of rotatable bonds is 4. The van der Waals surface area contributed by atoms with Crippen LogP contribution in [0, 0.1) is 0 Å². The molecule has 142 valence electrons. The maximum absolute atomic E-state index is 12.5. The maximum atomic E-state index is 12.5. The predicted molar refractivity (Wildman–Crippen MR) is 113 cm³/mol. The Morgan fingerprint density at radius 2 is 1.79 bits per heavy atom. The molecule has 0 bridgehead atoms. The molecule has 3 aromatic rings. The van der Waals surface area contributed by atoms with Gasteiger partial charge in [-0.1, -0.05) is 48.0 Å². The standard InChI is InChI=1S/C22H21ClN4O/c23-19-7-4-8-20(17-19)27-12-11-24-22(27)26-15-13-25(14-16-26)21(28)10-9-18-5-2-1-3-6-18/h1-12,17H,13-16H2/b10-9+. The van der Waals surface area contributed by atoms with Gasteiger partial charge in [-0.05, 0) is 29.8 Å². The molecule has 0 spiro atoms. The van der Waals surface area contributed by atoms with Crippen LogP contribution >= 0.6 is 11.6 Å². The van der Waals surface area contributed by atoms with Gasteiger partial charge in [0, 0.05) is 55.4 Å². The number of carbonyl (C=O) groups is 1. The van der Waals surface area contributed by atoms with Crippen molar-refractivity contribution < 1.29 is 4.79 Å². The van der Waals surface area contributed by atoms with Crippen molar-refractivity contribution >= 4 is 29.5 Å². The highest BCUT2D eigenvalue weighted by Crippen LogP contribution is 2.22. The highest BCUT2D eigenvalue weighted by Gasteiger charge is 2.22. The molecule has 0 saturated carbocycles. The van der Waals surface area contributed by atoms with Gasteiger partial charge in [-0.25, -0.2) is 4.98 Å². The van der Waals surface area contributed by atoms with Gasteiger partial charge in [-0.15, -0.1) is 0 Å². The fraction of sp³-hybridized carbons (Fsp3) is 0.182. The van der Waals surface area contributed by atoms with E-state index in [0.29, 0.717) is 18.1 Å². The molecule has 5 nitrogen and oxygen atoms in total. The molecule has 6 heteroatoms. The molecule has 1 amide bonds. The number of benzene rings is 2. The molecule has 1 fully saturated rings. The van der Waals surface area contributed by atoms with E-state index in [1.807, 2.05) is 76.3 Å². The highest BCUT2D eigenvalue weighted by atomic mass is 35.5. The second-order valence-electron chi connectivity index (χ2n) is 6.63. The van der Waals surface area contributed by atoms with Crippen molar-refractivity contribution in [2.45, 2.75) is 0 Å². The normalized spacial score (nSPS) is 14.6. The fourth-order valence-corrected chi connectivity index (χ4v) is 3.51. The van der Waals surface area contributed by atoms with Gasteiger partial charge in [-0.2, -0.15) is 0 Å². The van der Waals surface area contributed by atoms with Crippen LogP contribution in [-0.2, 0) is 4.79 Å². The second kappa shape index (κ2) is 8.31. The van der Waals surface area contributed by atoms with Crippen molar-refractivity contribution in [3.05, 3.63) is 83.7 Å². The first-order valence-corrected chi connectivity index (χ1v) is 9.65. The number of imidazole rings is 1. The van der Waals surface area contributed by atoms with Crippen molar-refractivity contribution in [2.24, 2.45) is 0 Å². The molecule has 0 unspecified atom stereocenters. The van der Waals surface area contributed by atoms with Crippen LogP contribution in [0.15, 0.2) is 73.1 Å². The zero-order chi connectivity index (χ0) is 19.3. The van der Waals surface area contributed by atoms with Gasteiger partial charge in [0.15, 0.2) is 0 Å². The summed E-state index contributed by atoms with van der Waals surface area (Å²) in [7, 11) is 0. The second-order valence-corrected chi connectivity index (χ2v) is 7.07. The van der Waals surface area contributed by atoms with Gasteiger partial charge in [0.1, 0.15) is 0 Å². The summed E-state index contributed by atoms with van der Waals surface area (Å²) in [6.45, 7) is 2.81. The molecule has 1 aliphatic heterocycles. The summed E-state index contributed by atoms with van der Waals surface area (Å²) in [6, 6.07) is 17.6. The van der Waals surface area contributed by atoms with Crippen LogP contribution in [0.1, 0.15) is 5.56 Å². The third-order valence-corrected chi connectivity index (χ3v) is 5.03. The Morgan fingerprint density at radius 3 is 2.54 bits per heavy atom. The number of aromatic nitrogens is 2. The Balaban J connectivity index is 1.40. The topological polar surface area (TPSA) is 41.4 Å². The summed E-state index contributed by atoms with van der Waals surface area (Å²) in [5.41, 5.74) is 2.00. The molecule has 0 aliphatic carbocycles. The maximum Gasteiger partial charge on any atom is 0.246 e. The van der Waals surface area contributed by atoms with E-state index in [1.165, 1.54) is 0 Å². The number of anilines is 1. The Morgan fingerprint density at radius 1 is 1.00 bits per heavy atom. The number of carbonyl (C=O) groups excluding carboxylic acids is 1. The van der Waals surface area contributed by atoms with Crippen molar-refractivity contribution in [2.75, 3.05) is 31.1 Å². The van der Waals surface area contributed by atoms with E-state index in [0.717, 1.165) is 30.3 Å². The predicted octanol–water partition coefficient (Wildman–Crippen LogP) is 3.89. The summed E-state index contributed by atoms with van der Waals surface area (Å²) in [4.78, 5) is 21.1. The molecule has 0 atom stereocenters. The number of hydrogen-bond acceptors (Lipinski definition) is 3. The highest BCUT2D eigenvalue weighted by molar-refractivity contribution is 6.30. The largest absolute Gasteiger partial charge is 0.338 e. The summed E-state index contributed by atoms with van der Waals surface area (Å²) in [5.74, 6) is 0.913. The van der Waals surface area contributed by atoms with Gasteiger partial charge in [0.2, 0.25) is 11.9 Å². The SMILES string of the molecule is O=C(/C=C/c1ccccc1)N1CCN(c2nccn2-c2cccc(Cl)c2)CC1. The molecule has 4 rings (SSSR count). The lowest BCUT2D eigenvalue weighted by atomic mass is 10.2. The first-order valence-electron chi connectivity index (χ1n) is 9.27. The van der Waals surface area contributed by atoms with Crippen LogP contribution in [0.5, 0.6) is 0 Å². The smallest absolute Gasteiger partial charge is 0.246 e. The molecule has 0 radical (unpaired) electrons. The fourth-order valence-electron chi connectivity index (χ4n) is 3.32. The van der Waals surface area contributed by atoms with Gasteiger partial charge >= 0.3 is 0 Å². The van der Waals surface area contributed by atoms with Crippen LogP contribution in [0.4, 0.5) is 5.95 Å². The monoisotopic (exact) mass is 392 g/mol. The third kappa shape index (κ3) is 4.10. The van der Waals surface area contributed by atoms with Gasteiger partial charge in [0.25, 0.3) is 0 Å². The van der Waals surface area contributed by atoms with Crippen LogP contribution < -0.4 is 4.90 Å². The van der Waals surface area contributed by atoms with E-state index in [-0.39, 0.29) is 5.91 Å². The molecular formula is C22H21ClN4O. The number of halogens is 1. The molecular weight excluding hydrogens is 372 g/mol. The average molecular weight is 393 g/mol. The quantitative estimate of drug-likeness (QED) is 0.632. The summed E-state index contributed by atoms with van der Waals surface area (Å²) in [5, 5.41) is 0.692. The zero-order valence-corrected chi connectivity index (χ0v) is 16.2. The van der Waals surface area contributed by atoms with Crippen LogP contribution in [0.25, 0.3) is 11.8 Å². The first-order chi connectivity index (χ1) is 13.7. The van der Waals surface area contributed by atoms with E-state index in [4.69, 9.17) is 11.6 Å². The lowest BCUT2D eigenvalue weighted by Gasteiger charge is -2.35. The van der Waals surface area contributed by atoms with Crippen LogP contribution in [0.2, 0.25) is 5.02 Å². The molecule has 2 heterocycles.